The summed E-state index contributed by atoms with van der Waals surface area (Å²) in [7, 11) is 1.70. The molecular weight excluding hydrogens is 288 g/mol. The molecule has 0 aliphatic heterocycles. The molecule has 1 aromatic carbocycles. The van der Waals surface area contributed by atoms with Crippen LogP contribution >= 0.6 is 11.6 Å². The average molecular weight is 307 g/mol. The molecule has 2 N–H and O–H groups in total. The van der Waals surface area contributed by atoms with Crippen LogP contribution in [0.1, 0.15) is 12.0 Å². The van der Waals surface area contributed by atoms with Gasteiger partial charge in [-0.25, -0.2) is 9.97 Å². The Bertz CT molecular complexity index is 565. The summed E-state index contributed by atoms with van der Waals surface area (Å²) in [6.07, 6.45) is 2.47. The van der Waals surface area contributed by atoms with Crippen LogP contribution in [0.25, 0.3) is 0 Å². The molecule has 5 nitrogen and oxygen atoms in total. The minimum Gasteiger partial charge on any atom is -0.385 e. The predicted octanol–water partition coefficient (Wildman–Crippen LogP) is 3.19. The molecule has 1 aromatic heterocycles. The number of aromatic nitrogens is 2. The van der Waals surface area contributed by atoms with Crippen LogP contribution in [0, 0.1) is 0 Å². The molecule has 112 valence electrons. The second-order valence-electron chi connectivity index (χ2n) is 4.51. The lowest BCUT2D eigenvalue weighted by Crippen LogP contribution is -2.08. The monoisotopic (exact) mass is 306 g/mol. The summed E-state index contributed by atoms with van der Waals surface area (Å²) >= 11 is 6.12. The molecule has 0 saturated heterocycles. The number of halogens is 1. The van der Waals surface area contributed by atoms with Gasteiger partial charge in [0.2, 0.25) is 0 Å². The van der Waals surface area contributed by atoms with Crippen molar-refractivity contribution >= 4 is 23.2 Å². The molecule has 2 rings (SSSR count). The summed E-state index contributed by atoms with van der Waals surface area (Å²) in [6, 6.07) is 9.62. The Kier molecular flexibility index (Phi) is 6.24. The van der Waals surface area contributed by atoms with E-state index in [0.717, 1.165) is 41.8 Å². The van der Waals surface area contributed by atoms with Crippen LogP contribution in [0.4, 0.5) is 11.6 Å². The highest BCUT2D eigenvalue weighted by molar-refractivity contribution is 6.31. The molecule has 0 atom stereocenters. The number of anilines is 2. The van der Waals surface area contributed by atoms with Crippen molar-refractivity contribution < 1.29 is 4.74 Å². The lowest BCUT2D eigenvalue weighted by molar-refractivity contribution is 0.198. The molecule has 1 heterocycles. The fourth-order valence-corrected chi connectivity index (χ4v) is 2.01. The van der Waals surface area contributed by atoms with Gasteiger partial charge < -0.3 is 15.4 Å². The summed E-state index contributed by atoms with van der Waals surface area (Å²) in [6.45, 7) is 2.17. The highest BCUT2D eigenvalue weighted by Crippen LogP contribution is 2.16. The maximum atomic E-state index is 6.12. The van der Waals surface area contributed by atoms with E-state index in [1.54, 1.807) is 7.11 Å². The smallest absolute Gasteiger partial charge is 0.131 e. The summed E-state index contributed by atoms with van der Waals surface area (Å²) in [5.41, 5.74) is 1.03. The van der Waals surface area contributed by atoms with E-state index in [2.05, 4.69) is 20.6 Å². The number of nitrogens with one attached hydrogen (secondary N) is 2. The van der Waals surface area contributed by atoms with Crippen molar-refractivity contribution in [1.29, 1.82) is 0 Å². The van der Waals surface area contributed by atoms with Crippen LogP contribution in [0.15, 0.2) is 36.7 Å². The maximum absolute atomic E-state index is 6.12. The SMILES string of the molecule is COCCCNc1cc(NCc2ccccc2Cl)ncn1. The molecular formula is C15H19ClN4O. The summed E-state index contributed by atoms with van der Waals surface area (Å²) in [5.74, 6) is 1.56. The third kappa shape index (κ3) is 5.21. The first kappa shape index (κ1) is 15.5. The number of nitrogens with zero attached hydrogens (tertiary/aromatic N) is 2. The van der Waals surface area contributed by atoms with E-state index < -0.39 is 0 Å². The summed E-state index contributed by atoms with van der Waals surface area (Å²) in [4.78, 5) is 8.38. The number of methoxy groups -OCH3 is 1. The first-order valence-corrected chi connectivity index (χ1v) is 7.19. The second-order valence-corrected chi connectivity index (χ2v) is 4.91. The van der Waals surface area contributed by atoms with E-state index >= 15 is 0 Å². The van der Waals surface area contributed by atoms with E-state index in [-0.39, 0.29) is 0 Å². The molecule has 0 spiro atoms. The number of rotatable bonds is 8. The van der Waals surface area contributed by atoms with E-state index in [4.69, 9.17) is 16.3 Å². The third-order valence-electron chi connectivity index (χ3n) is 2.92. The van der Waals surface area contributed by atoms with Crippen molar-refractivity contribution in [3.63, 3.8) is 0 Å². The van der Waals surface area contributed by atoms with Gasteiger partial charge in [0.25, 0.3) is 0 Å². The lowest BCUT2D eigenvalue weighted by Gasteiger charge is -2.09. The molecule has 0 unspecified atom stereocenters. The molecule has 0 radical (unpaired) electrons. The predicted molar refractivity (Wildman–Crippen MR) is 85.8 cm³/mol. The van der Waals surface area contributed by atoms with Gasteiger partial charge in [-0.15, -0.1) is 0 Å². The fourth-order valence-electron chi connectivity index (χ4n) is 1.81. The zero-order chi connectivity index (χ0) is 14.9. The van der Waals surface area contributed by atoms with E-state index in [0.29, 0.717) is 6.54 Å². The Hall–Kier alpha value is -1.85. The molecule has 0 saturated carbocycles. The van der Waals surface area contributed by atoms with Gasteiger partial charge in [-0.3, -0.25) is 0 Å². The number of hydrogen-bond acceptors (Lipinski definition) is 5. The average Bonchev–Trinajstić information content (AvgIpc) is 2.51. The Morgan fingerprint density at radius 2 is 1.90 bits per heavy atom. The molecule has 6 heteroatoms. The van der Waals surface area contributed by atoms with Crippen LogP contribution in [-0.4, -0.2) is 30.2 Å². The van der Waals surface area contributed by atoms with Crippen LogP contribution in [-0.2, 0) is 11.3 Å². The van der Waals surface area contributed by atoms with Crippen molar-refractivity contribution in [2.75, 3.05) is 30.9 Å². The Balaban J connectivity index is 1.87. The Labute approximate surface area is 129 Å². The lowest BCUT2D eigenvalue weighted by atomic mass is 10.2. The molecule has 0 aliphatic rings. The second kappa shape index (κ2) is 8.44. The standard InChI is InChI=1S/C15H19ClN4O/c1-21-8-4-7-17-14-9-15(20-11-19-14)18-10-12-5-2-3-6-13(12)16/h2-3,5-6,9,11H,4,7-8,10H2,1H3,(H2,17,18,19,20). The van der Waals surface area contributed by atoms with Crippen LogP contribution < -0.4 is 10.6 Å². The summed E-state index contributed by atoms with van der Waals surface area (Å²) < 4.78 is 5.00. The first-order chi connectivity index (χ1) is 10.3. The van der Waals surface area contributed by atoms with Crippen molar-refractivity contribution in [1.82, 2.24) is 9.97 Å². The van der Waals surface area contributed by atoms with E-state index in [1.807, 2.05) is 30.3 Å². The number of ether oxygens (including phenoxy) is 1. The normalized spacial score (nSPS) is 10.4. The van der Waals surface area contributed by atoms with Gasteiger partial charge in [0, 0.05) is 37.9 Å². The van der Waals surface area contributed by atoms with Gasteiger partial charge >= 0.3 is 0 Å². The number of hydrogen-bond donors (Lipinski definition) is 2. The van der Waals surface area contributed by atoms with Crippen molar-refractivity contribution in [3.8, 4) is 0 Å². The highest BCUT2D eigenvalue weighted by Gasteiger charge is 2.01. The van der Waals surface area contributed by atoms with Crippen LogP contribution in [0.2, 0.25) is 5.02 Å². The summed E-state index contributed by atoms with van der Waals surface area (Å²) in [5, 5.41) is 7.22. The van der Waals surface area contributed by atoms with Gasteiger partial charge in [0.05, 0.1) is 0 Å². The molecule has 2 aromatic rings. The van der Waals surface area contributed by atoms with Gasteiger partial charge in [0.15, 0.2) is 0 Å². The first-order valence-electron chi connectivity index (χ1n) is 6.81. The topological polar surface area (TPSA) is 59.1 Å². The molecule has 0 fully saturated rings. The van der Waals surface area contributed by atoms with E-state index in [9.17, 15) is 0 Å². The van der Waals surface area contributed by atoms with Gasteiger partial charge in [0.1, 0.15) is 18.0 Å². The Morgan fingerprint density at radius 3 is 2.67 bits per heavy atom. The quantitative estimate of drug-likeness (QED) is 0.734. The zero-order valence-electron chi connectivity index (χ0n) is 12.0. The van der Waals surface area contributed by atoms with Crippen molar-refractivity contribution in [2.24, 2.45) is 0 Å². The molecule has 0 amide bonds. The molecule has 0 aliphatic carbocycles. The Morgan fingerprint density at radius 1 is 1.14 bits per heavy atom. The molecule has 0 bridgehead atoms. The van der Waals surface area contributed by atoms with Crippen LogP contribution in [0.5, 0.6) is 0 Å². The fraction of sp³-hybridized carbons (Fsp3) is 0.333. The zero-order valence-corrected chi connectivity index (χ0v) is 12.7. The van der Waals surface area contributed by atoms with Gasteiger partial charge in [-0.1, -0.05) is 29.8 Å². The van der Waals surface area contributed by atoms with Gasteiger partial charge in [-0.2, -0.15) is 0 Å². The molecule has 21 heavy (non-hydrogen) atoms. The van der Waals surface area contributed by atoms with Crippen LogP contribution in [0.3, 0.4) is 0 Å². The minimum absolute atomic E-state index is 0.625. The van der Waals surface area contributed by atoms with Gasteiger partial charge in [-0.05, 0) is 18.1 Å². The number of benzene rings is 1. The third-order valence-corrected chi connectivity index (χ3v) is 3.28. The minimum atomic E-state index is 0.625. The maximum Gasteiger partial charge on any atom is 0.131 e. The van der Waals surface area contributed by atoms with Crippen molar-refractivity contribution in [2.45, 2.75) is 13.0 Å². The highest BCUT2D eigenvalue weighted by atomic mass is 35.5. The largest absolute Gasteiger partial charge is 0.385 e. The van der Waals surface area contributed by atoms with Crippen molar-refractivity contribution in [3.05, 3.63) is 47.2 Å². The van der Waals surface area contributed by atoms with E-state index in [1.165, 1.54) is 6.33 Å².